The third-order valence-corrected chi connectivity index (χ3v) is 3.86. The third kappa shape index (κ3) is 4.77. The molecule has 0 radical (unpaired) electrons. The van der Waals surface area contributed by atoms with Crippen LogP contribution < -0.4 is 10.2 Å². The molecule has 0 saturated carbocycles. The van der Waals surface area contributed by atoms with Gasteiger partial charge >= 0.3 is 0 Å². The molecule has 1 rings (SSSR count). The van der Waals surface area contributed by atoms with Gasteiger partial charge in [0.2, 0.25) is 0 Å². The number of anilines is 1. The van der Waals surface area contributed by atoms with E-state index in [4.69, 9.17) is 0 Å². The molecule has 0 spiro atoms. The molecular formula is C15H26BrN3. The Morgan fingerprint density at radius 1 is 1.42 bits per heavy atom. The lowest BCUT2D eigenvalue weighted by Gasteiger charge is -2.31. The highest BCUT2D eigenvalue weighted by atomic mass is 79.9. The fraction of sp³-hybridized carbons (Fsp3) is 0.667. The maximum absolute atomic E-state index is 4.66. The average Bonchev–Trinajstić information content (AvgIpc) is 2.41. The van der Waals surface area contributed by atoms with Gasteiger partial charge in [0.15, 0.2) is 0 Å². The molecule has 108 valence electrons. The maximum atomic E-state index is 4.66. The fourth-order valence-electron chi connectivity index (χ4n) is 2.14. The quantitative estimate of drug-likeness (QED) is 0.783. The van der Waals surface area contributed by atoms with Crippen LogP contribution in [0.25, 0.3) is 0 Å². The van der Waals surface area contributed by atoms with Crippen LogP contribution in [0.4, 0.5) is 5.82 Å². The number of pyridine rings is 1. The first kappa shape index (κ1) is 16.4. The molecule has 0 aliphatic carbocycles. The zero-order valence-corrected chi connectivity index (χ0v) is 14.1. The lowest BCUT2D eigenvalue weighted by atomic mass is 10.1. The maximum Gasteiger partial charge on any atom is 0.133 e. The zero-order chi connectivity index (χ0) is 14.3. The van der Waals surface area contributed by atoms with Crippen molar-refractivity contribution in [3.8, 4) is 0 Å². The summed E-state index contributed by atoms with van der Waals surface area (Å²) in [7, 11) is 1.98. The van der Waals surface area contributed by atoms with Gasteiger partial charge in [0, 0.05) is 35.4 Å². The molecule has 0 aliphatic rings. The summed E-state index contributed by atoms with van der Waals surface area (Å²) in [4.78, 5) is 7.11. The van der Waals surface area contributed by atoms with Crippen molar-refractivity contribution in [2.24, 2.45) is 0 Å². The molecule has 1 aromatic rings. The summed E-state index contributed by atoms with van der Waals surface area (Å²) in [6, 6.07) is 2.69. The van der Waals surface area contributed by atoms with Crippen LogP contribution in [0.15, 0.2) is 16.7 Å². The van der Waals surface area contributed by atoms with Crippen LogP contribution in [0, 0.1) is 0 Å². The molecule has 1 unspecified atom stereocenters. The zero-order valence-electron chi connectivity index (χ0n) is 12.5. The van der Waals surface area contributed by atoms with Gasteiger partial charge in [0.25, 0.3) is 0 Å². The number of rotatable bonds is 8. The molecule has 0 aliphatic heterocycles. The van der Waals surface area contributed by atoms with E-state index in [0.29, 0.717) is 6.04 Å². The highest BCUT2D eigenvalue weighted by Crippen LogP contribution is 2.24. The van der Waals surface area contributed by atoms with Gasteiger partial charge < -0.3 is 10.2 Å². The highest BCUT2D eigenvalue weighted by Gasteiger charge is 2.17. The lowest BCUT2D eigenvalue weighted by molar-refractivity contribution is 0.585. The van der Waals surface area contributed by atoms with E-state index in [9.17, 15) is 0 Å². The van der Waals surface area contributed by atoms with Gasteiger partial charge in [0.1, 0.15) is 5.82 Å². The number of hydrogen-bond acceptors (Lipinski definition) is 3. The van der Waals surface area contributed by atoms with Crippen LogP contribution in [0.2, 0.25) is 0 Å². The van der Waals surface area contributed by atoms with Crippen molar-refractivity contribution in [3.63, 3.8) is 0 Å². The Morgan fingerprint density at radius 3 is 2.74 bits per heavy atom. The Morgan fingerprint density at radius 2 is 2.16 bits per heavy atom. The summed E-state index contributed by atoms with van der Waals surface area (Å²) in [6.45, 7) is 8.68. The average molecular weight is 328 g/mol. The van der Waals surface area contributed by atoms with E-state index in [1.807, 2.05) is 13.2 Å². The summed E-state index contributed by atoms with van der Waals surface area (Å²) in [5.41, 5.74) is 1.26. The highest BCUT2D eigenvalue weighted by molar-refractivity contribution is 9.10. The van der Waals surface area contributed by atoms with Crippen LogP contribution in [0.3, 0.4) is 0 Å². The van der Waals surface area contributed by atoms with Gasteiger partial charge in [-0.3, -0.25) is 0 Å². The molecule has 3 nitrogen and oxygen atoms in total. The number of halogens is 1. The second-order valence-corrected chi connectivity index (χ2v) is 5.89. The fourth-order valence-corrected chi connectivity index (χ4v) is 2.52. The standard InChI is InChI=1S/C15H26BrN3/c1-5-7-8-19(12(3)6-2)15-13(10-17-4)9-14(16)11-18-15/h9,11-12,17H,5-8,10H2,1-4H3. The summed E-state index contributed by atoms with van der Waals surface area (Å²) in [5, 5.41) is 3.23. The van der Waals surface area contributed by atoms with Crippen molar-refractivity contribution in [2.45, 2.75) is 52.6 Å². The molecule has 0 bridgehead atoms. The molecule has 0 amide bonds. The predicted molar refractivity (Wildman–Crippen MR) is 86.7 cm³/mol. The van der Waals surface area contributed by atoms with Crippen molar-refractivity contribution in [1.82, 2.24) is 10.3 Å². The molecular weight excluding hydrogens is 302 g/mol. The molecule has 0 fully saturated rings. The van der Waals surface area contributed by atoms with Crippen LogP contribution in [0.1, 0.15) is 45.6 Å². The van der Waals surface area contributed by atoms with Crippen molar-refractivity contribution >= 4 is 21.7 Å². The van der Waals surface area contributed by atoms with E-state index >= 15 is 0 Å². The number of nitrogens with one attached hydrogen (secondary N) is 1. The number of aromatic nitrogens is 1. The normalized spacial score (nSPS) is 12.5. The first-order chi connectivity index (χ1) is 9.13. The van der Waals surface area contributed by atoms with Crippen molar-refractivity contribution in [3.05, 3.63) is 22.3 Å². The monoisotopic (exact) mass is 327 g/mol. The molecule has 1 N–H and O–H groups in total. The molecule has 4 heteroatoms. The molecule has 1 heterocycles. The Hall–Kier alpha value is -0.610. The van der Waals surface area contributed by atoms with Gasteiger partial charge in [-0.2, -0.15) is 0 Å². The van der Waals surface area contributed by atoms with Crippen molar-refractivity contribution in [1.29, 1.82) is 0 Å². The van der Waals surface area contributed by atoms with Crippen LogP contribution >= 0.6 is 15.9 Å². The third-order valence-electron chi connectivity index (χ3n) is 3.42. The summed E-state index contributed by atoms with van der Waals surface area (Å²) in [6.07, 6.45) is 5.46. The van der Waals surface area contributed by atoms with Crippen LogP contribution in [-0.2, 0) is 6.54 Å². The van der Waals surface area contributed by atoms with Gasteiger partial charge in [-0.1, -0.05) is 20.3 Å². The van der Waals surface area contributed by atoms with Gasteiger partial charge in [-0.05, 0) is 48.8 Å². The van der Waals surface area contributed by atoms with E-state index in [2.05, 4.69) is 58.0 Å². The summed E-state index contributed by atoms with van der Waals surface area (Å²) >= 11 is 3.51. The smallest absolute Gasteiger partial charge is 0.133 e. The minimum atomic E-state index is 0.524. The second-order valence-electron chi connectivity index (χ2n) is 4.97. The van der Waals surface area contributed by atoms with Gasteiger partial charge in [0.05, 0.1) is 0 Å². The molecule has 1 atom stereocenters. The van der Waals surface area contributed by atoms with Gasteiger partial charge in [-0.25, -0.2) is 4.98 Å². The second kappa shape index (κ2) is 8.54. The Bertz CT molecular complexity index is 382. The van der Waals surface area contributed by atoms with Crippen LogP contribution in [-0.4, -0.2) is 24.6 Å². The van der Waals surface area contributed by atoms with E-state index in [-0.39, 0.29) is 0 Å². The first-order valence-electron chi connectivity index (χ1n) is 7.19. The molecule has 0 saturated heterocycles. The van der Waals surface area contributed by atoms with Crippen molar-refractivity contribution in [2.75, 3.05) is 18.5 Å². The van der Waals surface area contributed by atoms with Gasteiger partial charge in [-0.15, -0.1) is 0 Å². The number of hydrogen-bond donors (Lipinski definition) is 1. The van der Waals surface area contributed by atoms with E-state index < -0.39 is 0 Å². The van der Waals surface area contributed by atoms with Crippen molar-refractivity contribution < 1.29 is 0 Å². The molecule has 19 heavy (non-hydrogen) atoms. The van der Waals surface area contributed by atoms with E-state index in [0.717, 1.165) is 29.8 Å². The summed E-state index contributed by atoms with van der Waals surface area (Å²) < 4.78 is 1.04. The molecule has 1 aromatic heterocycles. The van der Waals surface area contributed by atoms with E-state index in [1.54, 1.807) is 0 Å². The van der Waals surface area contributed by atoms with E-state index in [1.165, 1.54) is 18.4 Å². The first-order valence-corrected chi connectivity index (χ1v) is 7.98. The Balaban J connectivity index is 3.05. The number of unbranched alkanes of at least 4 members (excludes halogenated alkanes) is 1. The van der Waals surface area contributed by atoms with Crippen LogP contribution in [0.5, 0.6) is 0 Å². The minimum Gasteiger partial charge on any atom is -0.354 e. The predicted octanol–water partition coefficient (Wildman–Crippen LogP) is 3.97. The molecule has 0 aromatic carbocycles. The minimum absolute atomic E-state index is 0.524. The topological polar surface area (TPSA) is 28.2 Å². The SMILES string of the molecule is CCCCN(c1ncc(Br)cc1CNC)C(C)CC. The summed E-state index contributed by atoms with van der Waals surface area (Å²) in [5.74, 6) is 1.13. The lowest BCUT2D eigenvalue weighted by Crippen LogP contribution is -2.35. The Labute approximate surface area is 125 Å². The Kier molecular flexibility index (Phi) is 7.39. The largest absolute Gasteiger partial charge is 0.354 e. The number of nitrogens with zero attached hydrogens (tertiary/aromatic N) is 2.